The molecule has 96 valence electrons. The van der Waals surface area contributed by atoms with Crippen molar-refractivity contribution in [1.82, 2.24) is 9.80 Å². The summed E-state index contributed by atoms with van der Waals surface area (Å²) in [4.78, 5) is 5.12. The minimum absolute atomic E-state index is 0.778. The second kappa shape index (κ2) is 6.22. The summed E-state index contributed by atoms with van der Waals surface area (Å²) in [5.74, 6) is 1.08. The Hall–Kier alpha value is -0.800. The van der Waals surface area contributed by atoms with Gasteiger partial charge >= 0.3 is 0 Å². The van der Waals surface area contributed by atoms with Gasteiger partial charge in [0.1, 0.15) is 5.76 Å². The average molecular weight is 236 g/mol. The molecule has 2 rings (SSSR count). The molecule has 0 aliphatic carbocycles. The molecule has 1 aliphatic heterocycles. The molecule has 3 nitrogen and oxygen atoms in total. The van der Waals surface area contributed by atoms with Gasteiger partial charge in [0.05, 0.1) is 12.8 Å². The second-order valence-electron chi connectivity index (χ2n) is 4.86. The number of rotatable bonds is 5. The summed E-state index contributed by atoms with van der Waals surface area (Å²) in [7, 11) is 0. The Balaban J connectivity index is 1.78. The lowest BCUT2D eigenvalue weighted by Gasteiger charge is -2.38. The van der Waals surface area contributed by atoms with E-state index in [1.54, 1.807) is 6.26 Å². The molecule has 1 aromatic rings. The van der Waals surface area contributed by atoms with Gasteiger partial charge in [0, 0.05) is 32.2 Å². The Morgan fingerprint density at radius 1 is 1.18 bits per heavy atom. The zero-order valence-corrected chi connectivity index (χ0v) is 11.1. The van der Waals surface area contributed by atoms with Crippen LogP contribution in [0.5, 0.6) is 0 Å². The monoisotopic (exact) mass is 236 g/mol. The molecule has 1 aromatic heterocycles. The van der Waals surface area contributed by atoms with Gasteiger partial charge in [0.25, 0.3) is 0 Å². The van der Waals surface area contributed by atoms with Crippen LogP contribution in [-0.4, -0.2) is 42.0 Å². The predicted octanol–water partition coefficient (Wildman–Crippen LogP) is 2.59. The minimum atomic E-state index is 0.778. The third kappa shape index (κ3) is 3.33. The Labute approximate surface area is 104 Å². The Kier molecular flexibility index (Phi) is 4.63. The molecule has 0 N–H and O–H groups in total. The van der Waals surface area contributed by atoms with Crippen molar-refractivity contribution >= 4 is 0 Å². The number of piperazine rings is 1. The normalized spacial score (nSPS) is 19.0. The standard InChI is InChI=1S/C14H24N2O/c1-3-13(4-2)16-9-7-15(8-10-16)12-14-6-5-11-17-14/h5-6,11,13H,3-4,7-10,12H2,1-2H3. The molecule has 3 heteroatoms. The Morgan fingerprint density at radius 3 is 2.41 bits per heavy atom. The van der Waals surface area contributed by atoms with E-state index in [4.69, 9.17) is 4.42 Å². The van der Waals surface area contributed by atoms with Gasteiger partial charge in [0.2, 0.25) is 0 Å². The molecular formula is C14H24N2O. The van der Waals surface area contributed by atoms with Gasteiger partial charge in [-0.1, -0.05) is 13.8 Å². The predicted molar refractivity (Wildman–Crippen MR) is 69.9 cm³/mol. The zero-order chi connectivity index (χ0) is 12.1. The van der Waals surface area contributed by atoms with Crippen LogP contribution < -0.4 is 0 Å². The molecule has 0 saturated carbocycles. The molecule has 0 radical (unpaired) electrons. The fourth-order valence-corrected chi connectivity index (χ4v) is 2.71. The molecule has 0 spiro atoms. The van der Waals surface area contributed by atoms with Gasteiger partial charge in [-0.3, -0.25) is 9.80 Å². The van der Waals surface area contributed by atoms with Gasteiger partial charge in [-0.15, -0.1) is 0 Å². The van der Waals surface area contributed by atoms with E-state index in [1.807, 2.05) is 6.07 Å². The summed E-state index contributed by atoms with van der Waals surface area (Å²) >= 11 is 0. The molecular weight excluding hydrogens is 212 g/mol. The number of hydrogen-bond donors (Lipinski definition) is 0. The third-order valence-electron chi connectivity index (χ3n) is 3.83. The Bertz CT molecular complexity index is 298. The SMILES string of the molecule is CCC(CC)N1CCN(Cc2ccco2)CC1. The highest BCUT2D eigenvalue weighted by atomic mass is 16.3. The van der Waals surface area contributed by atoms with E-state index in [2.05, 4.69) is 29.7 Å². The summed E-state index contributed by atoms with van der Waals surface area (Å²) in [6.07, 6.45) is 4.30. The van der Waals surface area contributed by atoms with Gasteiger partial charge in [0.15, 0.2) is 0 Å². The first-order valence-corrected chi connectivity index (χ1v) is 6.82. The maximum atomic E-state index is 5.40. The van der Waals surface area contributed by atoms with Gasteiger partial charge in [-0.2, -0.15) is 0 Å². The van der Waals surface area contributed by atoms with Crippen molar-refractivity contribution < 1.29 is 4.42 Å². The first-order valence-electron chi connectivity index (χ1n) is 6.82. The van der Waals surface area contributed by atoms with Crippen LogP contribution >= 0.6 is 0 Å². The number of hydrogen-bond acceptors (Lipinski definition) is 3. The summed E-state index contributed by atoms with van der Waals surface area (Å²) in [6, 6.07) is 4.81. The highest BCUT2D eigenvalue weighted by Gasteiger charge is 2.21. The van der Waals surface area contributed by atoms with Crippen LogP contribution in [-0.2, 0) is 6.54 Å². The van der Waals surface area contributed by atoms with E-state index in [0.717, 1.165) is 31.4 Å². The van der Waals surface area contributed by atoms with E-state index < -0.39 is 0 Å². The summed E-state index contributed by atoms with van der Waals surface area (Å²) < 4.78 is 5.40. The second-order valence-corrected chi connectivity index (χ2v) is 4.86. The first-order chi connectivity index (χ1) is 8.33. The fraction of sp³-hybridized carbons (Fsp3) is 0.714. The van der Waals surface area contributed by atoms with E-state index >= 15 is 0 Å². The van der Waals surface area contributed by atoms with Crippen molar-refractivity contribution in [2.45, 2.75) is 39.3 Å². The van der Waals surface area contributed by atoms with Crippen molar-refractivity contribution in [2.24, 2.45) is 0 Å². The van der Waals surface area contributed by atoms with Crippen LogP contribution in [0.15, 0.2) is 22.8 Å². The van der Waals surface area contributed by atoms with Crippen LogP contribution in [0.4, 0.5) is 0 Å². The topological polar surface area (TPSA) is 19.6 Å². The molecule has 0 bridgehead atoms. The summed E-state index contributed by atoms with van der Waals surface area (Å²) in [5, 5.41) is 0. The lowest BCUT2D eigenvalue weighted by Crippen LogP contribution is -2.49. The third-order valence-corrected chi connectivity index (χ3v) is 3.83. The van der Waals surface area contributed by atoms with Crippen LogP contribution in [0, 0.1) is 0 Å². The van der Waals surface area contributed by atoms with Gasteiger partial charge < -0.3 is 4.42 Å². The zero-order valence-electron chi connectivity index (χ0n) is 11.1. The van der Waals surface area contributed by atoms with Crippen molar-refractivity contribution in [3.05, 3.63) is 24.2 Å². The molecule has 17 heavy (non-hydrogen) atoms. The minimum Gasteiger partial charge on any atom is -0.468 e. The van der Waals surface area contributed by atoms with Crippen LogP contribution in [0.1, 0.15) is 32.4 Å². The molecule has 1 saturated heterocycles. The Morgan fingerprint density at radius 2 is 1.88 bits per heavy atom. The van der Waals surface area contributed by atoms with E-state index in [9.17, 15) is 0 Å². The fourth-order valence-electron chi connectivity index (χ4n) is 2.71. The maximum absolute atomic E-state index is 5.40. The van der Waals surface area contributed by atoms with E-state index in [0.29, 0.717) is 0 Å². The first kappa shape index (κ1) is 12.7. The van der Waals surface area contributed by atoms with Crippen molar-refractivity contribution in [1.29, 1.82) is 0 Å². The molecule has 1 aliphatic rings. The highest BCUT2D eigenvalue weighted by Crippen LogP contribution is 2.14. The highest BCUT2D eigenvalue weighted by molar-refractivity contribution is 4.98. The van der Waals surface area contributed by atoms with Crippen LogP contribution in [0.25, 0.3) is 0 Å². The molecule has 0 amide bonds. The van der Waals surface area contributed by atoms with Gasteiger partial charge in [-0.25, -0.2) is 0 Å². The van der Waals surface area contributed by atoms with Gasteiger partial charge in [-0.05, 0) is 25.0 Å². The van der Waals surface area contributed by atoms with Crippen molar-refractivity contribution in [2.75, 3.05) is 26.2 Å². The quantitative estimate of drug-likeness (QED) is 0.783. The van der Waals surface area contributed by atoms with Crippen molar-refractivity contribution in [3.8, 4) is 0 Å². The van der Waals surface area contributed by atoms with E-state index in [1.165, 1.54) is 25.9 Å². The van der Waals surface area contributed by atoms with Crippen LogP contribution in [0.2, 0.25) is 0 Å². The summed E-state index contributed by atoms with van der Waals surface area (Å²) in [6.45, 7) is 10.3. The molecule has 0 unspecified atom stereocenters. The number of nitrogens with zero attached hydrogens (tertiary/aromatic N) is 2. The lowest BCUT2D eigenvalue weighted by molar-refractivity contribution is 0.0841. The van der Waals surface area contributed by atoms with Crippen LogP contribution in [0.3, 0.4) is 0 Å². The largest absolute Gasteiger partial charge is 0.468 e. The maximum Gasteiger partial charge on any atom is 0.117 e. The number of furan rings is 1. The van der Waals surface area contributed by atoms with Crippen molar-refractivity contribution in [3.63, 3.8) is 0 Å². The average Bonchev–Trinajstić information content (AvgIpc) is 2.86. The molecule has 2 heterocycles. The molecule has 0 atom stereocenters. The lowest BCUT2D eigenvalue weighted by atomic mass is 10.1. The molecule has 0 aromatic carbocycles. The summed E-state index contributed by atoms with van der Waals surface area (Å²) in [5.41, 5.74) is 0. The molecule has 1 fully saturated rings. The van der Waals surface area contributed by atoms with E-state index in [-0.39, 0.29) is 0 Å². The smallest absolute Gasteiger partial charge is 0.117 e.